The quantitative estimate of drug-likeness (QED) is 0.907. The van der Waals surface area contributed by atoms with Crippen molar-refractivity contribution in [3.05, 3.63) is 53.6 Å². The van der Waals surface area contributed by atoms with Gasteiger partial charge in [-0.25, -0.2) is 4.98 Å². The van der Waals surface area contributed by atoms with Crippen LogP contribution in [0.15, 0.2) is 36.9 Å². The first-order chi connectivity index (χ1) is 9.86. The SMILES string of the molecule is Cc1ccc(CNC(Cn2ccnc2)C(C)(C)C)cc1C. The van der Waals surface area contributed by atoms with E-state index in [0.717, 1.165) is 13.1 Å². The molecular formula is C18H27N3. The van der Waals surface area contributed by atoms with E-state index in [1.807, 2.05) is 18.7 Å². The molecular weight excluding hydrogens is 258 g/mol. The van der Waals surface area contributed by atoms with Gasteiger partial charge in [0.05, 0.1) is 6.33 Å². The summed E-state index contributed by atoms with van der Waals surface area (Å²) in [5.41, 5.74) is 4.25. The van der Waals surface area contributed by atoms with Crippen LogP contribution in [0.2, 0.25) is 0 Å². The lowest BCUT2D eigenvalue weighted by atomic mass is 9.86. The van der Waals surface area contributed by atoms with Crippen LogP contribution in [0.3, 0.4) is 0 Å². The van der Waals surface area contributed by atoms with Crippen LogP contribution in [0.1, 0.15) is 37.5 Å². The first kappa shape index (κ1) is 15.8. The smallest absolute Gasteiger partial charge is 0.0946 e. The molecule has 1 aromatic heterocycles. The van der Waals surface area contributed by atoms with Gasteiger partial charge in [-0.05, 0) is 36.0 Å². The summed E-state index contributed by atoms with van der Waals surface area (Å²) < 4.78 is 2.14. The summed E-state index contributed by atoms with van der Waals surface area (Å²) in [6.07, 6.45) is 5.75. The lowest BCUT2D eigenvalue weighted by molar-refractivity contribution is 0.240. The fraction of sp³-hybridized carbons (Fsp3) is 0.500. The molecule has 1 aromatic carbocycles. The summed E-state index contributed by atoms with van der Waals surface area (Å²) in [5, 5.41) is 3.71. The third-order valence-corrected chi connectivity index (χ3v) is 4.12. The van der Waals surface area contributed by atoms with Crippen LogP contribution in [-0.2, 0) is 13.1 Å². The van der Waals surface area contributed by atoms with E-state index in [2.05, 4.69) is 67.7 Å². The van der Waals surface area contributed by atoms with E-state index in [4.69, 9.17) is 0 Å². The van der Waals surface area contributed by atoms with E-state index in [1.54, 1.807) is 0 Å². The minimum atomic E-state index is 0.198. The maximum atomic E-state index is 4.13. The molecule has 0 aliphatic heterocycles. The van der Waals surface area contributed by atoms with Gasteiger partial charge in [-0.3, -0.25) is 0 Å². The van der Waals surface area contributed by atoms with E-state index in [-0.39, 0.29) is 5.41 Å². The highest BCUT2D eigenvalue weighted by atomic mass is 15.1. The minimum Gasteiger partial charge on any atom is -0.336 e. The largest absolute Gasteiger partial charge is 0.336 e. The van der Waals surface area contributed by atoms with Crippen molar-refractivity contribution in [1.82, 2.24) is 14.9 Å². The van der Waals surface area contributed by atoms with Crippen LogP contribution >= 0.6 is 0 Å². The second-order valence-electron chi connectivity index (χ2n) is 6.98. The molecule has 0 aliphatic rings. The van der Waals surface area contributed by atoms with Gasteiger partial charge in [0, 0.05) is 31.5 Å². The topological polar surface area (TPSA) is 29.9 Å². The molecule has 1 N–H and O–H groups in total. The van der Waals surface area contributed by atoms with Crippen molar-refractivity contribution in [3.63, 3.8) is 0 Å². The number of rotatable bonds is 5. The van der Waals surface area contributed by atoms with Crippen LogP contribution in [0.5, 0.6) is 0 Å². The molecule has 114 valence electrons. The molecule has 0 spiro atoms. The molecule has 3 heteroatoms. The molecule has 0 saturated heterocycles. The third-order valence-electron chi connectivity index (χ3n) is 4.12. The van der Waals surface area contributed by atoms with Gasteiger partial charge in [0.2, 0.25) is 0 Å². The molecule has 2 aromatic rings. The lowest BCUT2D eigenvalue weighted by Gasteiger charge is -2.32. The van der Waals surface area contributed by atoms with Crippen LogP contribution in [0.4, 0.5) is 0 Å². The van der Waals surface area contributed by atoms with Gasteiger partial charge in [-0.1, -0.05) is 39.0 Å². The summed E-state index contributed by atoms with van der Waals surface area (Å²) >= 11 is 0. The normalized spacial score (nSPS) is 13.4. The molecule has 1 unspecified atom stereocenters. The molecule has 0 fully saturated rings. The molecule has 0 bridgehead atoms. The second kappa shape index (κ2) is 6.44. The van der Waals surface area contributed by atoms with E-state index in [1.165, 1.54) is 16.7 Å². The number of hydrogen-bond donors (Lipinski definition) is 1. The molecule has 21 heavy (non-hydrogen) atoms. The summed E-state index contributed by atoms with van der Waals surface area (Å²) in [6, 6.07) is 7.09. The number of nitrogens with zero attached hydrogens (tertiary/aromatic N) is 2. The molecule has 0 radical (unpaired) electrons. The molecule has 0 amide bonds. The zero-order valence-corrected chi connectivity index (χ0v) is 13.9. The Morgan fingerprint density at radius 2 is 1.95 bits per heavy atom. The maximum Gasteiger partial charge on any atom is 0.0946 e. The summed E-state index contributed by atoms with van der Waals surface area (Å²) in [6.45, 7) is 13.0. The monoisotopic (exact) mass is 285 g/mol. The number of aromatic nitrogens is 2. The Bertz CT molecular complexity index is 565. The number of nitrogens with one attached hydrogen (secondary N) is 1. The zero-order chi connectivity index (χ0) is 15.5. The Morgan fingerprint density at radius 3 is 2.52 bits per heavy atom. The molecule has 2 rings (SSSR count). The molecule has 0 saturated carbocycles. The highest BCUT2D eigenvalue weighted by Gasteiger charge is 2.24. The first-order valence-corrected chi connectivity index (χ1v) is 7.61. The molecule has 0 aliphatic carbocycles. The molecule has 3 nitrogen and oxygen atoms in total. The van der Waals surface area contributed by atoms with Crippen LogP contribution in [0, 0.1) is 19.3 Å². The predicted octanol–water partition coefficient (Wildman–Crippen LogP) is 3.70. The van der Waals surface area contributed by atoms with Gasteiger partial charge in [-0.2, -0.15) is 0 Å². The molecule has 1 atom stereocenters. The average molecular weight is 285 g/mol. The summed E-state index contributed by atoms with van der Waals surface area (Å²) in [4.78, 5) is 4.13. The van der Waals surface area contributed by atoms with E-state index in [0.29, 0.717) is 6.04 Å². The van der Waals surface area contributed by atoms with Crippen LogP contribution < -0.4 is 5.32 Å². The van der Waals surface area contributed by atoms with Crippen molar-refractivity contribution in [1.29, 1.82) is 0 Å². The van der Waals surface area contributed by atoms with Crippen molar-refractivity contribution >= 4 is 0 Å². The summed E-state index contributed by atoms with van der Waals surface area (Å²) in [5.74, 6) is 0. The van der Waals surface area contributed by atoms with Gasteiger partial charge < -0.3 is 9.88 Å². The standard InChI is InChI=1S/C18H27N3/c1-14-6-7-16(10-15(14)2)11-20-17(18(3,4)5)12-21-9-8-19-13-21/h6-10,13,17,20H,11-12H2,1-5H3. The number of hydrogen-bond acceptors (Lipinski definition) is 2. The van der Waals surface area contributed by atoms with Gasteiger partial charge in [-0.15, -0.1) is 0 Å². The van der Waals surface area contributed by atoms with Crippen molar-refractivity contribution in [2.45, 2.75) is 53.8 Å². The number of imidazole rings is 1. The zero-order valence-electron chi connectivity index (χ0n) is 13.9. The van der Waals surface area contributed by atoms with Gasteiger partial charge in [0.25, 0.3) is 0 Å². The molecule has 1 heterocycles. The van der Waals surface area contributed by atoms with Crippen molar-refractivity contribution in [2.24, 2.45) is 5.41 Å². The fourth-order valence-electron chi connectivity index (χ4n) is 2.40. The average Bonchev–Trinajstić information content (AvgIpc) is 2.90. The Morgan fingerprint density at radius 1 is 1.19 bits per heavy atom. The van der Waals surface area contributed by atoms with Crippen molar-refractivity contribution < 1.29 is 0 Å². The van der Waals surface area contributed by atoms with Gasteiger partial charge in [0.1, 0.15) is 0 Å². The Balaban J connectivity index is 2.03. The second-order valence-corrected chi connectivity index (χ2v) is 6.98. The first-order valence-electron chi connectivity index (χ1n) is 7.61. The maximum absolute atomic E-state index is 4.13. The summed E-state index contributed by atoms with van der Waals surface area (Å²) in [7, 11) is 0. The lowest BCUT2D eigenvalue weighted by Crippen LogP contribution is -2.43. The third kappa shape index (κ3) is 4.43. The van der Waals surface area contributed by atoms with Gasteiger partial charge >= 0.3 is 0 Å². The predicted molar refractivity (Wildman–Crippen MR) is 88.2 cm³/mol. The number of benzene rings is 1. The Kier molecular flexibility index (Phi) is 4.84. The van der Waals surface area contributed by atoms with Crippen molar-refractivity contribution in [2.75, 3.05) is 0 Å². The minimum absolute atomic E-state index is 0.198. The Hall–Kier alpha value is -1.61. The van der Waals surface area contributed by atoms with Crippen LogP contribution in [-0.4, -0.2) is 15.6 Å². The Labute approximate surface area is 128 Å². The van der Waals surface area contributed by atoms with Gasteiger partial charge in [0.15, 0.2) is 0 Å². The fourth-order valence-corrected chi connectivity index (χ4v) is 2.40. The van der Waals surface area contributed by atoms with Crippen molar-refractivity contribution in [3.8, 4) is 0 Å². The van der Waals surface area contributed by atoms with E-state index in [9.17, 15) is 0 Å². The van der Waals surface area contributed by atoms with Crippen LogP contribution in [0.25, 0.3) is 0 Å². The van der Waals surface area contributed by atoms with E-state index < -0.39 is 0 Å². The number of aryl methyl sites for hydroxylation is 2. The van der Waals surface area contributed by atoms with E-state index >= 15 is 0 Å². The highest BCUT2D eigenvalue weighted by Crippen LogP contribution is 2.21. The highest BCUT2D eigenvalue weighted by molar-refractivity contribution is 5.29.